The molecule has 0 saturated heterocycles. The van der Waals surface area contributed by atoms with Crippen molar-refractivity contribution >= 4 is 43.6 Å². The van der Waals surface area contributed by atoms with E-state index < -0.39 is 35.2 Å². The molecule has 0 saturated carbocycles. The lowest BCUT2D eigenvalue weighted by Gasteiger charge is -2.20. The summed E-state index contributed by atoms with van der Waals surface area (Å²) in [5.74, 6) is 0. The van der Waals surface area contributed by atoms with Crippen molar-refractivity contribution in [1.29, 1.82) is 10.5 Å². The Morgan fingerprint density at radius 3 is 1.28 bits per heavy atom. The molecule has 0 bridgehead atoms. The fourth-order valence-electron chi connectivity index (χ4n) is 9.38. The number of nitriles is 2. The number of rotatable bonds is 5. The summed E-state index contributed by atoms with van der Waals surface area (Å²) in [6, 6.07) is 42.1. The number of aromatic nitrogens is 2. The quantitative estimate of drug-likeness (QED) is 0.162. The van der Waals surface area contributed by atoms with Gasteiger partial charge in [0, 0.05) is 21.5 Å². The van der Waals surface area contributed by atoms with Crippen LogP contribution in [0.25, 0.3) is 88.4 Å². The average Bonchev–Trinajstić information content (AvgIpc) is 3.81. The maximum atomic E-state index is 15.1. The molecule has 0 aliphatic heterocycles. The predicted octanol–water partition coefficient (Wildman–Crippen LogP) is 16.3. The van der Waals surface area contributed by atoms with E-state index in [2.05, 4.69) is 6.07 Å². The van der Waals surface area contributed by atoms with Gasteiger partial charge in [-0.15, -0.1) is 0 Å². The summed E-state index contributed by atoms with van der Waals surface area (Å²) >= 11 is 0. The Bertz CT molecular complexity index is 3610. The highest BCUT2D eigenvalue weighted by Crippen LogP contribution is 2.45. The molecule has 13 heteroatoms. The van der Waals surface area contributed by atoms with Crippen molar-refractivity contribution < 1.29 is 39.5 Å². The molecule has 0 aliphatic rings. The number of benzene rings is 8. The van der Waals surface area contributed by atoms with Crippen LogP contribution in [0, 0.1) is 36.5 Å². The summed E-state index contributed by atoms with van der Waals surface area (Å²) < 4.78 is 134. The maximum Gasteiger partial charge on any atom is 0.417 e. The van der Waals surface area contributed by atoms with E-state index in [4.69, 9.17) is 0 Å². The van der Waals surface area contributed by atoms with Crippen LogP contribution in [0.1, 0.15) is 38.9 Å². The Kier molecular flexibility index (Phi) is 10.0. The van der Waals surface area contributed by atoms with Crippen molar-refractivity contribution in [2.75, 3.05) is 0 Å². The molecule has 2 heterocycles. The van der Waals surface area contributed by atoms with Gasteiger partial charge in [0.25, 0.3) is 0 Å². The van der Waals surface area contributed by atoms with Gasteiger partial charge < -0.3 is 9.13 Å². The zero-order valence-corrected chi connectivity index (χ0v) is 35.6. The molecule has 334 valence electrons. The Balaban J connectivity index is 1.34. The molecule has 0 unspecified atom stereocenters. The highest BCUT2D eigenvalue weighted by molar-refractivity contribution is 6.12. The van der Waals surface area contributed by atoms with Crippen molar-refractivity contribution in [3.63, 3.8) is 0 Å². The van der Waals surface area contributed by atoms with Crippen molar-refractivity contribution in [2.24, 2.45) is 0 Å². The molecular weight excluding hydrogens is 888 g/mol. The third kappa shape index (κ3) is 7.37. The standard InChI is InChI=1S/C55H31F9N4/c1-30-17-35(22-38(19-30)53(56,57)58)33-12-15-43-41-7-3-5-9-47(41)67(49(43)24-33)51-26-37(40-14-11-32(28-65)21-46(40)55(62,63)64)27-52(45(51)29-66)68-48-10-6-4-8-42(48)44-16-13-34(25-50(44)68)36-18-31(2)20-39(23-36)54(59,60)61/h3-27H,1-2H3. The summed E-state index contributed by atoms with van der Waals surface area (Å²) in [5.41, 5.74) is 0.811. The second-order valence-corrected chi connectivity index (χ2v) is 16.7. The van der Waals surface area contributed by atoms with Crippen LogP contribution < -0.4 is 0 Å². The number of halogens is 9. The molecule has 10 rings (SSSR count). The van der Waals surface area contributed by atoms with Crippen molar-refractivity contribution in [3.05, 3.63) is 191 Å². The molecule has 0 radical (unpaired) electrons. The van der Waals surface area contributed by atoms with Crippen molar-refractivity contribution in [2.45, 2.75) is 32.4 Å². The summed E-state index contributed by atoms with van der Waals surface area (Å²) in [6.07, 6.45) is -14.2. The fraction of sp³-hybridized carbons (Fsp3) is 0.0909. The van der Waals surface area contributed by atoms with Crippen LogP contribution in [-0.2, 0) is 18.5 Å². The van der Waals surface area contributed by atoms with Gasteiger partial charge in [0.15, 0.2) is 0 Å². The van der Waals surface area contributed by atoms with Crippen molar-refractivity contribution in [3.8, 4) is 56.9 Å². The smallest absolute Gasteiger partial charge is 0.308 e. The Labute approximate surface area is 381 Å². The second-order valence-electron chi connectivity index (χ2n) is 16.7. The number of fused-ring (bicyclic) bond motifs is 6. The lowest BCUT2D eigenvalue weighted by molar-refractivity contribution is -0.138. The highest BCUT2D eigenvalue weighted by atomic mass is 19.4. The van der Waals surface area contributed by atoms with Crippen LogP contribution in [-0.4, -0.2) is 9.13 Å². The Morgan fingerprint density at radius 2 is 0.853 bits per heavy atom. The molecule has 0 N–H and O–H groups in total. The van der Waals surface area contributed by atoms with Gasteiger partial charge in [-0.2, -0.15) is 50.0 Å². The lowest BCUT2D eigenvalue weighted by atomic mass is 9.94. The molecule has 0 atom stereocenters. The molecule has 10 aromatic rings. The average molecular weight is 919 g/mol. The Hall–Kier alpha value is -8.29. The van der Waals surface area contributed by atoms with Gasteiger partial charge in [0.1, 0.15) is 11.6 Å². The molecule has 2 aromatic heterocycles. The summed E-state index contributed by atoms with van der Waals surface area (Å²) in [4.78, 5) is 0. The van der Waals surface area contributed by atoms with Gasteiger partial charge in [-0.3, -0.25) is 0 Å². The number of para-hydroxylation sites is 2. The van der Waals surface area contributed by atoms with Crippen LogP contribution >= 0.6 is 0 Å². The number of alkyl halides is 9. The van der Waals surface area contributed by atoms with Gasteiger partial charge >= 0.3 is 18.5 Å². The first-order chi connectivity index (χ1) is 32.3. The monoisotopic (exact) mass is 918 g/mol. The lowest BCUT2D eigenvalue weighted by Crippen LogP contribution is -2.09. The SMILES string of the molecule is Cc1cc(-c2ccc3c4ccccc4n(-c4cc(-c5ccc(C#N)cc5C(F)(F)F)cc(-n5c6ccccc6c6ccc(-c7cc(C)cc(C(F)(F)F)c7)cc65)c4C#N)c3c2)cc(C(F)(F)F)c1. The largest absolute Gasteiger partial charge is 0.417 e. The second kappa shape index (κ2) is 15.7. The molecule has 68 heavy (non-hydrogen) atoms. The normalized spacial score (nSPS) is 12.3. The van der Waals surface area contributed by atoms with Crippen LogP contribution in [0.4, 0.5) is 39.5 Å². The van der Waals surface area contributed by atoms with Crippen molar-refractivity contribution in [1.82, 2.24) is 9.13 Å². The Morgan fingerprint density at radius 1 is 0.397 bits per heavy atom. The van der Waals surface area contributed by atoms with E-state index in [9.17, 15) is 36.9 Å². The molecule has 8 aromatic carbocycles. The minimum absolute atomic E-state index is 0.00278. The van der Waals surface area contributed by atoms with Gasteiger partial charge in [0.2, 0.25) is 0 Å². The third-order valence-corrected chi connectivity index (χ3v) is 12.3. The first-order valence-corrected chi connectivity index (χ1v) is 21.0. The van der Waals surface area contributed by atoms with E-state index in [-0.39, 0.29) is 44.8 Å². The minimum atomic E-state index is -4.95. The summed E-state index contributed by atoms with van der Waals surface area (Å²) in [5, 5.41) is 23.7. The van der Waals surface area contributed by atoms with E-state index in [1.807, 2.05) is 12.1 Å². The number of hydrogen-bond donors (Lipinski definition) is 0. The zero-order valence-electron chi connectivity index (χ0n) is 35.6. The first-order valence-electron chi connectivity index (χ1n) is 21.0. The topological polar surface area (TPSA) is 57.4 Å². The first kappa shape index (κ1) is 43.6. The molecule has 0 spiro atoms. The molecule has 0 fully saturated rings. The van der Waals surface area contributed by atoms with E-state index in [0.717, 1.165) is 30.3 Å². The van der Waals surface area contributed by atoms with Gasteiger partial charge in [-0.25, -0.2) is 0 Å². The predicted molar refractivity (Wildman–Crippen MR) is 245 cm³/mol. The molecule has 4 nitrogen and oxygen atoms in total. The van der Waals surface area contributed by atoms with Crippen LogP contribution in [0.3, 0.4) is 0 Å². The van der Waals surface area contributed by atoms with E-state index in [1.165, 1.54) is 24.3 Å². The summed E-state index contributed by atoms with van der Waals surface area (Å²) in [7, 11) is 0. The fourth-order valence-corrected chi connectivity index (χ4v) is 9.38. The minimum Gasteiger partial charge on any atom is -0.308 e. The number of nitrogens with zero attached hydrogens (tertiary/aromatic N) is 4. The van der Waals surface area contributed by atoms with Gasteiger partial charge in [0.05, 0.1) is 61.8 Å². The highest BCUT2D eigenvalue weighted by Gasteiger charge is 2.36. The van der Waals surface area contributed by atoms with Crippen LogP contribution in [0.15, 0.2) is 152 Å². The van der Waals surface area contributed by atoms with Gasteiger partial charge in [-0.1, -0.05) is 78.9 Å². The third-order valence-electron chi connectivity index (χ3n) is 12.3. The number of hydrogen-bond acceptors (Lipinski definition) is 2. The maximum absolute atomic E-state index is 15.1. The van der Waals surface area contributed by atoms with E-state index in [1.54, 1.807) is 114 Å². The van der Waals surface area contributed by atoms with Crippen LogP contribution in [0.5, 0.6) is 0 Å². The molecular formula is C55H31F9N4. The number of aryl methyl sites for hydroxylation is 2. The van der Waals surface area contributed by atoms with Gasteiger partial charge in [-0.05, 0) is 131 Å². The zero-order chi connectivity index (χ0) is 48.0. The molecule has 0 amide bonds. The van der Waals surface area contributed by atoms with E-state index in [0.29, 0.717) is 65.9 Å². The van der Waals surface area contributed by atoms with Crippen LogP contribution in [0.2, 0.25) is 0 Å². The van der Waals surface area contributed by atoms with E-state index >= 15 is 13.2 Å². The summed E-state index contributed by atoms with van der Waals surface area (Å²) in [6.45, 7) is 3.11. The molecule has 0 aliphatic carbocycles.